The third-order valence-electron chi connectivity index (χ3n) is 3.94. The number of hydrogen-bond donors (Lipinski definition) is 2. The zero-order valence-electron chi connectivity index (χ0n) is 15.1. The fraction of sp³-hybridized carbons (Fsp3) is 0.143. The largest absolute Gasteiger partial charge is 0.326 e. The number of nitrogens with one attached hydrogen (secondary N) is 2. The Balaban J connectivity index is 1.52. The van der Waals surface area contributed by atoms with Crippen LogP contribution in [0.5, 0.6) is 0 Å². The van der Waals surface area contributed by atoms with E-state index < -0.39 is 0 Å². The minimum absolute atomic E-state index is 0.0944. The van der Waals surface area contributed by atoms with Gasteiger partial charge in [0, 0.05) is 40.2 Å². The van der Waals surface area contributed by atoms with Crippen LogP contribution in [-0.2, 0) is 11.2 Å². The fourth-order valence-corrected chi connectivity index (χ4v) is 2.81. The first-order valence-electron chi connectivity index (χ1n) is 8.83. The number of nitrogens with zero attached hydrogens (tertiary/aromatic N) is 2. The van der Waals surface area contributed by atoms with E-state index in [1.807, 2.05) is 18.2 Å². The Labute approximate surface area is 171 Å². The van der Waals surface area contributed by atoms with E-state index >= 15 is 0 Å². The lowest BCUT2D eigenvalue weighted by Gasteiger charge is -2.08. The highest BCUT2D eigenvalue weighted by molar-refractivity contribution is 9.10. The number of aryl methyl sites for hydroxylation is 1. The van der Waals surface area contributed by atoms with Gasteiger partial charge in [-0.25, -0.2) is 4.98 Å². The standard InChI is InChI=1S/C21H19BrN4O2/c22-16-10-11-19(24-14-16)26-21(28)15-5-3-8-18(13-15)25-20(27)9-4-7-17-6-1-2-12-23-17/h1-3,5-6,8,10-14H,4,7,9H2,(H,25,27)(H,24,26,28). The van der Waals surface area contributed by atoms with Gasteiger partial charge in [0.2, 0.25) is 5.91 Å². The second-order valence-corrected chi connectivity index (χ2v) is 7.04. The van der Waals surface area contributed by atoms with E-state index in [1.165, 1.54) is 0 Å². The molecule has 3 rings (SSSR count). The van der Waals surface area contributed by atoms with Crippen LogP contribution in [0.1, 0.15) is 28.9 Å². The summed E-state index contributed by atoms with van der Waals surface area (Å²) in [5.41, 5.74) is 1.99. The molecule has 0 saturated carbocycles. The number of carbonyl (C=O) groups is 2. The lowest BCUT2D eigenvalue weighted by atomic mass is 10.1. The Bertz CT molecular complexity index is 946. The molecule has 1 aromatic carbocycles. The van der Waals surface area contributed by atoms with Crippen LogP contribution in [0.15, 0.2) is 71.5 Å². The number of carbonyl (C=O) groups excluding carboxylic acids is 2. The monoisotopic (exact) mass is 438 g/mol. The number of halogens is 1. The molecule has 0 aliphatic carbocycles. The van der Waals surface area contributed by atoms with Gasteiger partial charge in [0.1, 0.15) is 5.82 Å². The van der Waals surface area contributed by atoms with E-state index in [2.05, 4.69) is 36.5 Å². The van der Waals surface area contributed by atoms with Crippen molar-refractivity contribution in [2.24, 2.45) is 0 Å². The van der Waals surface area contributed by atoms with Crippen molar-refractivity contribution in [1.82, 2.24) is 9.97 Å². The molecule has 142 valence electrons. The summed E-state index contributed by atoms with van der Waals surface area (Å²) in [6, 6.07) is 16.1. The molecule has 0 bridgehead atoms. The Morgan fingerprint density at radius 1 is 0.964 bits per heavy atom. The number of benzene rings is 1. The van der Waals surface area contributed by atoms with Crippen molar-refractivity contribution in [2.45, 2.75) is 19.3 Å². The zero-order chi connectivity index (χ0) is 19.8. The lowest BCUT2D eigenvalue weighted by Crippen LogP contribution is -2.15. The summed E-state index contributed by atoms with van der Waals surface area (Å²) in [5.74, 6) is 0.0706. The molecule has 0 radical (unpaired) electrons. The van der Waals surface area contributed by atoms with Crippen LogP contribution in [0.25, 0.3) is 0 Å². The zero-order valence-corrected chi connectivity index (χ0v) is 16.6. The van der Waals surface area contributed by atoms with Crippen molar-refractivity contribution in [1.29, 1.82) is 0 Å². The molecule has 0 spiro atoms. The smallest absolute Gasteiger partial charge is 0.256 e. The summed E-state index contributed by atoms with van der Waals surface area (Å²) in [5, 5.41) is 5.56. The van der Waals surface area contributed by atoms with Crippen molar-refractivity contribution in [3.05, 3.63) is 82.7 Å². The van der Waals surface area contributed by atoms with Gasteiger partial charge in [-0.2, -0.15) is 0 Å². The molecule has 0 saturated heterocycles. The van der Waals surface area contributed by atoms with E-state index in [0.29, 0.717) is 29.9 Å². The Morgan fingerprint density at radius 2 is 1.86 bits per heavy atom. The van der Waals surface area contributed by atoms with E-state index in [4.69, 9.17) is 0 Å². The van der Waals surface area contributed by atoms with E-state index in [0.717, 1.165) is 16.6 Å². The number of hydrogen-bond acceptors (Lipinski definition) is 4. The maximum atomic E-state index is 12.4. The average molecular weight is 439 g/mol. The molecule has 2 heterocycles. The van der Waals surface area contributed by atoms with Gasteiger partial charge in [-0.15, -0.1) is 0 Å². The minimum atomic E-state index is -0.291. The molecule has 7 heteroatoms. The normalized spacial score (nSPS) is 10.3. The topological polar surface area (TPSA) is 84.0 Å². The van der Waals surface area contributed by atoms with Crippen LogP contribution in [-0.4, -0.2) is 21.8 Å². The highest BCUT2D eigenvalue weighted by Gasteiger charge is 2.09. The SMILES string of the molecule is O=C(CCCc1ccccn1)Nc1cccc(C(=O)Nc2ccc(Br)cn2)c1. The van der Waals surface area contributed by atoms with Gasteiger partial charge in [-0.3, -0.25) is 14.6 Å². The minimum Gasteiger partial charge on any atom is -0.326 e. The maximum Gasteiger partial charge on any atom is 0.256 e. The van der Waals surface area contributed by atoms with Crippen LogP contribution in [0.3, 0.4) is 0 Å². The Morgan fingerprint density at radius 3 is 2.61 bits per heavy atom. The number of pyridine rings is 2. The first-order valence-corrected chi connectivity index (χ1v) is 9.62. The second-order valence-electron chi connectivity index (χ2n) is 6.12. The molecule has 28 heavy (non-hydrogen) atoms. The summed E-state index contributed by atoms with van der Waals surface area (Å²) < 4.78 is 0.832. The van der Waals surface area contributed by atoms with Crippen molar-refractivity contribution < 1.29 is 9.59 Å². The summed E-state index contributed by atoms with van der Waals surface area (Å²) in [6.45, 7) is 0. The lowest BCUT2D eigenvalue weighted by molar-refractivity contribution is -0.116. The molecular formula is C21H19BrN4O2. The molecule has 2 N–H and O–H groups in total. The number of amides is 2. The summed E-state index contributed by atoms with van der Waals surface area (Å²) in [6.07, 6.45) is 5.19. The molecule has 0 atom stereocenters. The van der Waals surface area contributed by atoms with E-state index in [-0.39, 0.29) is 11.8 Å². The summed E-state index contributed by atoms with van der Waals surface area (Å²) in [7, 11) is 0. The number of rotatable bonds is 7. The Kier molecular flexibility index (Phi) is 6.86. The van der Waals surface area contributed by atoms with Crippen molar-refractivity contribution in [3.63, 3.8) is 0 Å². The molecule has 3 aromatic rings. The van der Waals surface area contributed by atoms with Gasteiger partial charge in [-0.05, 0) is 71.2 Å². The van der Waals surface area contributed by atoms with Crippen molar-refractivity contribution in [3.8, 4) is 0 Å². The quantitative estimate of drug-likeness (QED) is 0.570. The molecule has 0 unspecified atom stereocenters. The first-order chi connectivity index (χ1) is 13.6. The van der Waals surface area contributed by atoms with Gasteiger partial charge in [-0.1, -0.05) is 12.1 Å². The van der Waals surface area contributed by atoms with Crippen LogP contribution >= 0.6 is 15.9 Å². The molecule has 0 aliphatic heterocycles. The molecule has 2 amide bonds. The first kappa shape index (κ1) is 19.7. The second kappa shape index (κ2) is 9.75. The van der Waals surface area contributed by atoms with Crippen LogP contribution in [0, 0.1) is 0 Å². The van der Waals surface area contributed by atoms with E-state index in [9.17, 15) is 9.59 Å². The third kappa shape index (κ3) is 5.99. The molecular weight excluding hydrogens is 420 g/mol. The molecule has 0 fully saturated rings. The van der Waals surface area contributed by atoms with Crippen molar-refractivity contribution >= 4 is 39.2 Å². The fourth-order valence-electron chi connectivity index (χ4n) is 2.58. The number of anilines is 2. The van der Waals surface area contributed by atoms with Crippen LogP contribution in [0.4, 0.5) is 11.5 Å². The van der Waals surface area contributed by atoms with Crippen LogP contribution in [0.2, 0.25) is 0 Å². The predicted octanol–water partition coefficient (Wildman–Crippen LogP) is 4.45. The van der Waals surface area contributed by atoms with Crippen LogP contribution < -0.4 is 10.6 Å². The van der Waals surface area contributed by atoms with Crippen molar-refractivity contribution in [2.75, 3.05) is 10.6 Å². The predicted molar refractivity (Wildman–Crippen MR) is 112 cm³/mol. The molecule has 6 nitrogen and oxygen atoms in total. The highest BCUT2D eigenvalue weighted by atomic mass is 79.9. The third-order valence-corrected chi connectivity index (χ3v) is 4.41. The van der Waals surface area contributed by atoms with Gasteiger partial charge in [0.15, 0.2) is 0 Å². The van der Waals surface area contributed by atoms with Gasteiger partial charge in [0.25, 0.3) is 5.91 Å². The van der Waals surface area contributed by atoms with Gasteiger partial charge >= 0.3 is 0 Å². The summed E-state index contributed by atoms with van der Waals surface area (Å²) in [4.78, 5) is 32.9. The maximum absolute atomic E-state index is 12.4. The molecule has 0 aliphatic rings. The average Bonchev–Trinajstić information content (AvgIpc) is 2.71. The van der Waals surface area contributed by atoms with E-state index in [1.54, 1.807) is 48.8 Å². The highest BCUT2D eigenvalue weighted by Crippen LogP contribution is 2.15. The number of aromatic nitrogens is 2. The summed E-state index contributed by atoms with van der Waals surface area (Å²) >= 11 is 3.30. The Hall–Kier alpha value is -3.06. The van der Waals surface area contributed by atoms with Gasteiger partial charge < -0.3 is 10.6 Å². The molecule has 2 aromatic heterocycles. The van der Waals surface area contributed by atoms with Gasteiger partial charge in [0.05, 0.1) is 0 Å².